The second-order valence-electron chi connectivity index (χ2n) is 5.95. The van der Waals surface area contributed by atoms with Crippen molar-refractivity contribution in [3.05, 3.63) is 87.5 Å². The van der Waals surface area contributed by atoms with Gasteiger partial charge in [0.05, 0.1) is 6.54 Å². The number of rotatable bonds is 6. The Kier molecular flexibility index (Phi) is 5.09. The molecule has 0 fully saturated rings. The van der Waals surface area contributed by atoms with Gasteiger partial charge in [-0.25, -0.2) is 0 Å². The van der Waals surface area contributed by atoms with Crippen molar-refractivity contribution in [2.45, 2.75) is 19.4 Å². The number of halogens is 1. The fourth-order valence-corrected chi connectivity index (χ4v) is 3.66. The third-order valence-electron chi connectivity index (χ3n) is 4.17. The molecular formula is C20H17ClN4S. The maximum absolute atomic E-state index is 5.97. The van der Waals surface area contributed by atoms with E-state index in [9.17, 15) is 0 Å². The van der Waals surface area contributed by atoms with Gasteiger partial charge in [0.15, 0.2) is 5.82 Å². The highest BCUT2D eigenvalue weighted by molar-refractivity contribution is 7.09. The van der Waals surface area contributed by atoms with Crippen LogP contribution >= 0.6 is 22.9 Å². The van der Waals surface area contributed by atoms with E-state index in [1.807, 2.05) is 30.3 Å². The van der Waals surface area contributed by atoms with Crippen LogP contribution < -0.4 is 0 Å². The van der Waals surface area contributed by atoms with Gasteiger partial charge in [0.2, 0.25) is 0 Å². The molecule has 0 saturated heterocycles. The van der Waals surface area contributed by atoms with Crippen LogP contribution in [0.1, 0.15) is 16.3 Å². The summed E-state index contributed by atoms with van der Waals surface area (Å²) in [4.78, 5) is 5.72. The number of aryl methyl sites for hydroxylation is 2. The SMILES string of the molecule is Clc1ccc(CCc2nnc(-c3ccccn3)n2Cc2cccs2)cc1. The molecule has 0 aliphatic rings. The fraction of sp³-hybridized carbons (Fsp3) is 0.150. The average molecular weight is 381 g/mol. The maximum Gasteiger partial charge on any atom is 0.182 e. The second-order valence-corrected chi connectivity index (χ2v) is 7.42. The minimum atomic E-state index is 0.756. The maximum atomic E-state index is 5.97. The molecule has 3 aromatic heterocycles. The van der Waals surface area contributed by atoms with Crippen LogP contribution in [0.5, 0.6) is 0 Å². The lowest BCUT2D eigenvalue weighted by Crippen LogP contribution is -2.08. The summed E-state index contributed by atoms with van der Waals surface area (Å²) in [6, 6.07) is 18.0. The summed E-state index contributed by atoms with van der Waals surface area (Å²) in [6.07, 6.45) is 3.49. The van der Waals surface area contributed by atoms with Gasteiger partial charge in [-0.15, -0.1) is 21.5 Å². The van der Waals surface area contributed by atoms with Crippen molar-refractivity contribution in [3.63, 3.8) is 0 Å². The molecule has 0 spiro atoms. The zero-order valence-corrected chi connectivity index (χ0v) is 15.6. The lowest BCUT2D eigenvalue weighted by molar-refractivity contribution is 0.722. The van der Waals surface area contributed by atoms with E-state index in [-0.39, 0.29) is 0 Å². The normalized spacial score (nSPS) is 11.0. The average Bonchev–Trinajstić information content (AvgIpc) is 3.33. The summed E-state index contributed by atoms with van der Waals surface area (Å²) in [7, 11) is 0. The van der Waals surface area contributed by atoms with E-state index in [0.717, 1.165) is 41.8 Å². The van der Waals surface area contributed by atoms with Crippen LogP contribution in [0, 0.1) is 0 Å². The van der Waals surface area contributed by atoms with Crippen molar-refractivity contribution in [1.29, 1.82) is 0 Å². The summed E-state index contributed by atoms with van der Waals surface area (Å²) < 4.78 is 2.17. The van der Waals surface area contributed by atoms with Crippen molar-refractivity contribution in [2.24, 2.45) is 0 Å². The van der Waals surface area contributed by atoms with E-state index >= 15 is 0 Å². The quantitative estimate of drug-likeness (QED) is 0.478. The first-order chi connectivity index (χ1) is 12.8. The number of hydrogen-bond donors (Lipinski definition) is 0. The first-order valence-corrected chi connectivity index (χ1v) is 9.65. The summed E-state index contributed by atoms with van der Waals surface area (Å²) in [6.45, 7) is 0.756. The highest BCUT2D eigenvalue weighted by Gasteiger charge is 2.15. The Hall–Kier alpha value is -2.50. The Morgan fingerprint density at radius 2 is 1.81 bits per heavy atom. The summed E-state index contributed by atoms with van der Waals surface area (Å²) >= 11 is 7.71. The molecule has 1 aromatic carbocycles. The first kappa shape index (κ1) is 16.9. The summed E-state index contributed by atoms with van der Waals surface area (Å²) in [5.74, 6) is 1.78. The number of nitrogens with zero attached hydrogens (tertiary/aromatic N) is 4. The van der Waals surface area contributed by atoms with Crippen LogP contribution in [0.4, 0.5) is 0 Å². The molecule has 4 nitrogen and oxygen atoms in total. The van der Waals surface area contributed by atoms with Gasteiger partial charge in [-0.05, 0) is 47.7 Å². The third kappa shape index (κ3) is 3.84. The monoisotopic (exact) mass is 380 g/mol. The number of aromatic nitrogens is 4. The zero-order valence-electron chi connectivity index (χ0n) is 14.0. The molecule has 0 bridgehead atoms. The molecule has 0 atom stereocenters. The van der Waals surface area contributed by atoms with E-state index in [1.165, 1.54) is 10.4 Å². The van der Waals surface area contributed by atoms with Gasteiger partial charge >= 0.3 is 0 Å². The van der Waals surface area contributed by atoms with Crippen molar-refractivity contribution in [2.75, 3.05) is 0 Å². The molecule has 130 valence electrons. The van der Waals surface area contributed by atoms with Gasteiger partial charge < -0.3 is 4.57 Å². The Balaban J connectivity index is 1.63. The van der Waals surface area contributed by atoms with Crippen LogP contribution in [0.3, 0.4) is 0 Å². The number of benzene rings is 1. The van der Waals surface area contributed by atoms with E-state index < -0.39 is 0 Å². The minimum Gasteiger partial charge on any atom is -0.304 e. The molecule has 0 unspecified atom stereocenters. The van der Waals surface area contributed by atoms with Crippen LogP contribution in [-0.2, 0) is 19.4 Å². The van der Waals surface area contributed by atoms with Crippen LogP contribution in [0.25, 0.3) is 11.5 Å². The second kappa shape index (κ2) is 7.81. The predicted octanol–water partition coefficient (Wildman–Crippen LogP) is 4.89. The minimum absolute atomic E-state index is 0.756. The highest BCUT2D eigenvalue weighted by atomic mass is 35.5. The van der Waals surface area contributed by atoms with Gasteiger partial charge in [-0.2, -0.15) is 0 Å². The number of thiophene rings is 1. The lowest BCUT2D eigenvalue weighted by Gasteiger charge is -2.09. The third-order valence-corrected chi connectivity index (χ3v) is 5.28. The fourth-order valence-electron chi connectivity index (χ4n) is 2.84. The molecule has 0 N–H and O–H groups in total. The molecule has 0 radical (unpaired) electrons. The van der Waals surface area contributed by atoms with Crippen molar-refractivity contribution in [1.82, 2.24) is 19.7 Å². The largest absolute Gasteiger partial charge is 0.304 e. The molecule has 26 heavy (non-hydrogen) atoms. The van der Waals surface area contributed by atoms with Gasteiger partial charge in [0, 0.05) is 22.5 Å². The molecule has 6 heteroatoms. The van der Waals surface area contributed by atoms with Crippen molar-refractivity contribution < 1.29 is 0 Å². The molecule has 0 saturated carbocycles. The number of pyridine rings is 1. The molecule has 4 aromatic rings. The van der Waals surface area contributed by atoms with E-state index in [4.69, 9.17) is 11.6 Å². The van der Waals surface area contributed by atoms with Gasteiger partial charge in [0.1, 0.15) is 11.5 Å². The summed E-state index contributed by atoms with van der Waals surface area (Å²) in [5.41, 5.74) is 2.08. The zero-order chi connectivity index (χ0) is 17.8. The Bertz CT molecular complexity index is 963. The van der Waals surface area contributed by atoms with Gasteiger partial charge in [0.25, 0.3) is 0 Å². The Labute approximate surface area is 161 Å². The molecule has 3 heterocycles. The lowest BCUT2D eigenvalue weighted by atomic mass is 10.1. The van der Waals surface area contributed by atoms with Crippen LogP contribution in [0.15, 0.2) is 66.2 Å². The van der Waals surface area contributed by atoms with Crippen molar-refractivity contribution in [3.8, 4) is 11.5 Å². The highest BCUT2D eigenvalue weighted by Crippen LogP contribution is 2.21. The van der Waals surface area contributed by atoms with Gasteiger partial charge in [-0.3, -0.25) is 4.98 Å². The Morgan fingerprint density at radius 1 is 0.923 bits per heavy atom. The van der Waals surface area contributed by atoms with Crippen LogP contribution in [-0.4, -0.2) is 19.7 Å². The topological polar surface area (TPSA) is 43.6 Å². The van der Waals surface area contributed by atoms with Crippen LogP contribution in [0.2, 0.25) is 5.02 Å². The van der Waals surface area contributed by atoms with E-state index in [0.29, 0.717) is 0 Å². The summed E-state index contributed by atoms with van der Waals surface area (Å²) in [5, 5.41) is 11.7. The number of hydrogen-bond acceptors (Lipinski definition) is 4. The Morgan fingerprint density at radius 3 is 2.54 bits per heavy atom. The molecule has 0 aliphatic heterocycles. The molecule has 4 rings (SSSR count). The molecular weight excluding hydrogens is 364 g/mol. The smallest absolute Gasteiger partial charge is 0.182 e. The standard InChI is InChI=1S/C20H17ClN4S/c21-16-9-6-15(7-10-16)8-11-19-23-24-20(18-5-1-2-12-22-18)25(19)14-17-4-3-13-26-17/h1-7,9-10,12-13H,8,11,14H2. The molecule has 0 amide bonds. The molecule has 0 aliphatic carbocycles. The van der Waals surface area contributed by atoms with E-state index in [1.54, 1.807) is 17.5 Å². The van der Waals surface area contributed by atoms with E-state index in [2.05, 4.69) is 49.4 Å². The predicted molar refractivity (Wildman–Crippen MR) is 106 cm³/mol. The van der Waals surface area contributed by atoms with Gasteiger partial charge in [-0.1, -0.05) is 35.9 Å². The first-order valence-electron chi connectivity index (χ1n) is 8.40. The van der Waals surface area contributed by atoms with Crippen molar-refractivity contribution >= 4 is 22.9 Å².